The van der Waals surface area contributed by atoms with E-state index in [1.807, 2.05) is 73.2 Å². The summed E-state index contributed by atoms with van der Waals surface area (Å²) in [6, 6.07) is 22.2. The van der Waals surface area contributed by atoms with E-state index >= 15 is 0 Å². The third-order valence-corrected chi connectivity index (χ3v) is 7.83. The number of hydrogen-bond donors (Lipinski definition) is 1. The molecule has 0 atom stereocenters. The van der Waals surface area contributed by atoms with Gasteiger partial charge in [0.2, 0.25) is 0 Å². The molecule has 1 aliphatic heterocycles. The molecule has 0 bridgehead atoms. The van der Waals surface area contributed by atoms with E-state index in [1.165, 1.54) is 19.3 Å². The van der Waals surface area contributed by atoms with E-state index in [4.69, 9.17) is 29.4 Å². The summed E-state index contributed by atoms with van der Waals surface area (Å²) in [5.41, 5.74) is 3.38. The van der Waals surface area contributed by atoms with E-state index in [-0.39, 0.29) is 0 Å². The number of aromatic nitrogens is 5. The number of nitrogens with zero attached hydrogens (tertiary/aromatic N) is 6. The van der Waals surface area contributed by atoms with Crippen molar-refractivity contribution in [2.24, 2.45) is 0 Å². The molecule has 7 rings (SSSR count). The van der Waals surface area contributed by atoms with Crippen molar-refractivity contribution in [1.82, 2.24) is 24.5 Å². The van der Waals surface area contributed by atoms with Crippen LogP contribution in [0.25, 0.3) is 22.6 Å². The maximum Gasteiger partial charge on any atom is 0.166 e. The lowest BCUT2D eigenvalue weighted by molar-refractivity contribution is 0.122. The van der Waals surface area contributed by atoms with Gasteiger partial charge in [-0.3, -0.25) is 0 Å². The molecule has 1 saturated carbocycles. The van der Waals surface area contributed by atoms with Crippen LogP contribution in [0, 0.1) is 0 Å². The molecule has 0 spiro atoms. The zero-order valence-electron chi connectivity index (χ0n) is 22.9. The van der Waals surface area contributed by atoms with Crippen molar-refractivity contribution in [3.63, 3.8) is 0 Å². The highest BCUT2D eigenvalue weighted by Gasteiger charge is 2.22. The first kappa shape index (κ1) is 25.5. The number of ether oxygens (including phenoxy) is 2. The van der Waals surface area contributed by atoms with Crippen molar-refractivity contribution in [2.75, 3.05) is 36.5 Å². The lowest BCUT2D eigenvalue weighted by atomic mass is 9.95. The summed E-state index contributed by atoms with van der Waals surface area (Å²) in [6.45, 7) is 3.14. The third-order valence-electron chi connectivity index (χ3n) is 7.83. The van der Waals surface area contributed by atoms with Crippen LogP contribution in [0.3, 0.4) is 0 Å². The van der Waals surface area contributed by atoms with E-state index in [0.717, 1.165) is 78.9 Å². The summed E-state index contributed by atoms with van der Waals surface area (Å²) in [5.74, 6) is 3.82. The Hall–Kier alpha value is -4.50. The van der Waals surface area contributed by atoms with Crippen LogP contribution in [0.15, 0.2) is 79.3 Å². The summed E-state index contributed by atoms with van der Waals surface area (Å²) >= 11 is 0. The Kier molecular flexibility index (Phi) is 7.17. The molecule has 208 valence electrons. The summed E-state index contributed by atoms with van der Waals surface area (Å²) < 4.78 is 13.7. The average Bonchev–Trinajstić information content (AvgIpc) is 3.48. The number of morpholine rings is 1. The molecule has 5 aromatic rings. The molecule has 1 N–H and O–H groups in total. The second kappa shape index (κ2) is 11.5. The maximum absolute atomic E-state index is 5.97. The molecule has 9 nitrogen and oxygen atoms in total. The number of fused-ring (bicyclic) bond motifs is 1. The Labute approximate surface area is 239 Å². The SMILES string of the molecule is c1ccc(Oc2ccc(Nc3nc(-c4ccc(N5CCOCC5)nc4)nc4c3ncn4C3CCCCC3)cc2)cc1. The van der Waals surface area contributed by atoms with Crippen LogP contribution in [0.1, 0.15) is 38.1 Å². The fourth-order valence-electron chi connectivity index (χ4n) is 5.62. The smallest absolute Gasteiger partial charge is 0.166 e. The monoisotopic (exact) mass is 547 g/mol. The molecule has 2 aliphatic rings. The number of nitrogens with one attached hydrogen (secondary N) is 1. The van der Waals surface area contributed by atoms with Gasteiger partial charge in [-0.1, -0.05) is 37.5 Å². The Morgan fingerprint density at radius 2 is 1.59 bits per heavy atom. The molecule has 41 heavy (non-hydrogen) atoms. The normalized spacial score (nSPS) is 16.1. The predicted octanol–water partition coefficient (Wildman–Crippen LogP) is 6.77. The Bertz CT molecular complexity index is 1590. The quantitative estimate of drug-likeness (QED) is 0.239. The average molecular weight is 548 g/mol. The van der Waals surface area contributed by atoms with Gasteiger partial charge in [0, 0.05) is 36.6 Å². The van der Waals surface area contributed by atoms with Gasteiger partial charge in [-0.05, 0) is 61.4 Å². The fraction of sp³-hybridized carbons (Fsp3) is 0.312. The molecule has 0 unspecified atom stereocenters. The zero-order chi connectivity index (χ0) is 27.4. The van der Waals surface area contributed by atoms with Gasteiger partial charge >= 0.3 is 0 Å². The standard InChI is InChI=1S/C32H33N7O2/c1-3-7-25(8-4-1)39-22-34-29-31(35-24-12-14-27(15-13-24)41-26-9-5-2-6-10-26)36-30(37-32(29)39)23-11-16-28(33-21-23)38-17-19-40-20-18-38/h2,5-6,9-16,21-22,25H,1,3-4,7-8,17-20H2,(H,35,36,37). The molecule has 1 aliphatic carbocycles. The van der Waals surface area contributed by atoms with Crippen LogP contribution in [-0.4, -0.2) is 50.8 Å². The minimum Gasteiger partial charge on any atom is -0.457 e. The minimum atomic E-state index is 0.403. The van der Waals surface area contributed by atoms with Crippen molar-refractivity contribution in [2.45, 2.75) is 38.1 Å². The molecule has 3 aromatic heterocycles. The molecule has 2 aromatic carbocycles. The number of anilines is 3. The molecule has 4 heterocycles. The van der Waals surface area contributed by atoms with Gasteiger partial charge in [0.1, 0.15) is 17.3 Å². The van der Waals surface area contributed by atoms with E-state index in [0.29, 0.717) is 17.7 Å². The van der Waals surface area contributed by atoms with Crippen molar-refractivity contribution < 1.29 is 9.47 Å². The fourth-order valence-corrected chi connectivity index (χ4v) is 5.62. The van der Waals surface area contributed by atoms with Crippen LogP contribution in [0.5, 0.6) is 11.5 Å². The lowest BCUT2D eigenvalue weighted by Gasteiger charge is -2.27. The third kappa shape index (κ3) is 5.58. The molecule has 2 fully saturated rings. The lowest BCUT2D eigenvalue weighted by Crippen LogP contribution is -2.36. The summed E-state index contributed by atoms with van der Waals surface area (Å²) in [7, 11) is 0. The van der Waals surface area contributed by atoms with Gasteiger partial charge in [-0.25, -0.2) is 19.9 Å². The first-order valence-electron chi connectivity index (χ1n) is 14.4. The molecule has 1 saturated heterocycles. The molecular weight excluding hydrogens is 514 g/mol. The number of hydrogen-bond acceptors (Lipinski definition) is 8. The second-order valence-electron chi connectivity index (χ2n) is 10.6. The molecule has 9 heteroatoms. The van der Waals surface area contributed by atoms with Crippen molar-refractivity contribution in [3.8, 4) is 22.9 Å². The Balaban J connectivity index is 1.21. The number of benzene rings is 2. The summed E-state index contributed by atoms with van der Waals surface area (Å²) in [4.78, 5) is 21.8. The first-order chi connectivity index (χ1) is 20.3. The maximum atomic E-state index is 5.97. The zero-order valence-corrected chi connectivity index (χ0v) is 22.9. The van der Waals surface area contributed by atoms with Crippen LogP contribution in [0.2, 0.25) is 0 Å². The Morgan fingerprint density at radius 3 is 2.34 bits per heavy atom. The van der Waals surface area contributed by atoms with E-state index in [9.17, 15) is 0 Å². The van der Waals surface area contributed by atoms with E-state index in [2.05, 4.69) is 20.9 Å². The number of rotatable bonds is 7. The largest absolute Gasteiger partial charge is 0.457 e. The summed E-state index contributed by atoms with van der Waals surface area (Å²) in [5, 5.41) is 3.50. The van der Waals surface area contributed by atoms with E-state index in [1.54, 1.807) is 0 Å². The van der Waals surface area contributed by atoms with Gasteiger partial charge in [0.25, 0.3) is 0 Å². The van der Waals surface area contributed by atoms with E-state index < -0.39 is 0 Å². The number of imidazole rings is 1. The van der Waals surface area contributed by atoms with Gasteiger partial charge in [-0.2, -0.15) is 0 Å². The van der Waals surface area contributed by atoms with Gasteiger partial charge < -0.3 is 24.3 Å². The predicted molar refractivity (Wildman–Crippen MR) is 160 cm³/mol. The number of para-hydroxylation sites is 1. The molecule has 0 amide bonds. The van der Waals surface area contributed by atoms with Gasteiger partial charge in [0.05, 0.1) is 19.5 Å². The van der Waals surface area contributed by atoms with Crippen LogP contribution in [-0.2, 0) is 4.74 Å². The molecule has 0 radical (unpaired) electrons. The highest BCUT2D eigenvalue weighted by Crippen LogP contribution is 2.34. The first-order valence-corrected chi connectivity index (χ1v) is 14.4. The number of pyridine rings is 1. The second-order valence-corrected chi connectivity index (χ2v) is 10.6. The van der Waals surface area contributed by atoms with Crippen molar-refractivity contribution in [3.05, 3.63) is 79.3 Å². The molecular formula is C32H33N7O2. The highest BCUT2D eigenvalue weighted by molar-refractivity contribution is 5.87. The van der Waals surface area contributed by atoms with Crippen LogP contribution >= 0.6 is 0 Å². The van der Waals surface area contributed by atoms with Crippen LogP contribution in [0.4, 0.5) is 17.3 Å². The Morgan fingerprint density at radius 1 is 0.805 bits per heavy atom. The van der Waals surface area contributed by atoms with Gasteiger partial charge in [-0.15, -0.1) is 0 Å². The minimum absolute atomic E-state index is 0.403. The van der Waals surface area contributed by atoms with Gasteiger partial charge in [0.15, 0.2) is 22.8 Å². The van der Waals surface area contributed by atoms with Crippen LogP contribution < -0.4 is 15.0 Å². The topological polar surface area (TPSA) is 90.2 Å². The van der Waals surface area contributed by atoms with Crippen molar-refractivity contribution >= 4 is 28.5 Å². The highest BCUT2D eigenvalue weighted by atomic mass is 16.5. The van der Waals surface area contributed by atoms with Crippen molar-refractivity contribution in [1.29, 1.82) is 0 Å². The summed E-state index contributed by atoms with van der Waals surface area (Å²) in [6.07, 6.45) is 9.85.